The maximum absolute atomic E-state index is 5.91. The molecule has 102 valence electrons. The number of nitrogens with one attached hydrogen (secondary N) is 2. The molecule has 1 aliphatic heterocycles. The summed E-state index contributed by atoms with van der Waals surface area (Å²) in [6.07, 6.45) is 3.53. The van der Waals surface area contributed by atoms with Gasteiger partial charge in [0, 0.05) is 6.42 Å². The summed E-state index contributed by atoms with van der Waals surface area (Å²) in [6, 6.07) is 6.23. The number of aromatic amines is 1. The van der Waals surface area contributed by atoms with Gasteiger partial charge in [0.1, 0.15) is 5.82 Å². The van der Waals surface area contributed by atoms with E-state index in [2.05, 4.69) is 40.4 Å². The lowest BCUT2D eigenvalue weighted by Crippen LogP contribution is -2.32. The number of fused-ring (bicyclic) bond motifs is 1. The number of para-hydroxylation sites is 1. The monoisotopic (exact) mass is 259 g/mol. The molecule has 19 heavy (non-hydrogen) atoms. The number of hydrogen-bond acceptors (Lipinski definition) is 3. The number of imidazole rings is 1. The van der Waals surface area contributed by atoms with Crippen LogP contribution in [0.4, 0.5) is 0 Å². The standard InChI is InChI=1S/C15H21N3O/c1-11-3-2-4-13-15(11)18-14(17-13)7-10-19-12-5-8-16-9-6-12/h2-4,12,16H,5-10H2,1H3,(H,17,18). The summed E-state index contributed by atoms with van der Waals surface area (Å²) in [5.74, 6) is 1.03. The molecule has 1 aliphatic rings. The van der Waals surface area contributed by atoms with Crippen LogP contribution in [-0.4, -0.2) is 35.8 Å². The van der Waals surface area contributed by atoms with Crippen molar-refractivity contribution in [1.82, 2.24) is 15.3 Å². The first-order valence-corrected chi connectivity index (χ1v) is 7.09. The van der Waals surface area contributed by atoms with Gasteiger partial charge in [0.05, 0.1) is 23.7 Å². The number of nitrogens with zero attached hydrogens (tertiary/aromatic N) is 1. The van der Waals surface area contributed by atoms with E-state index < -0.39 is 0 Å². The van der Waals surface area contributed by atoms with Gasteiger partial charge in [-0.3, -0.25) is 0 Å². The minimum atomic E-state index is 0.423. The van der Waals surface area contributed by atoms with E-state index in [-0.39, 0.29) is 0 Å². The zero-order valence-electron chi connectivity index (χ0n) is 11.4. The van der Waals surface area contributed by atoms with Crippen LogP contribution in [0.5, 0.6) is 0 Å². The summed E-state index contributed by atoms with van der Waals surface area (Å²) < 4.78 is 5.91. The molecule has 1 aromatic heterocycles. The fraction of sp³-hybridized carbons (Fsp3) is 0.533. The average molecular weight is 259 g/mol. The zero-order valence-corrected chi connectivity index (χ0v) is 11.4. The van der Waals surface area contributed by atoms with Gasteiger partial charge in [-0.05, 0) is 44.5 Å². The highest BCUT2D eigenvalue weighted by molar-refractivity contribution is 5.78. The van der Waals surface area contributed by atoms with Crippen LogP contribution in [-0.2, 0) is 11.2 Å². The number of aromatic nitrogens is 2. The molecular formula is C15H21N3O. The van der Waals surface area contributed by atoms with Crippen LogP contribution < -0.4 is 5.32 Å². The molecule has 1 saturated heterocycles. The lowest BCUT2D eigenvalue weighted by molar-refractivity contribution is 0.0343. The van der Waals surface area contributed by atoms with Crippen molar-refractivity contribution in [2.45, 2.75) is 32.3 Å². The number of piperidine rings is 1. The Morgan fingerprint density at radius 3 is 2.95 bits per heavy atom. The number of H-pyrrole nitrogens is 1. The summed E-state index contributed by atoms with van der Waals surface area (Å²) in [6.45, 7) is 5.00. The van der Waals surface area contributed by atoms with Crippen LogP contribution in [0.3, 0.4) is 0 Å². The van der Waals surface area contributed by atoms with Crippen molar-refractivity contribution in [3.63, 3.8) is 0 Å². The Bertz CT molecular complexity index is 543. The smallest absolute Gasteiger partial charge is 0.109 e. The number of aryl methyl sites for hydroxylation is 1. The van der Waals surface area contributed by atoms with Crippen molar-refractivity contribution in [1.29, 1.82) is 0 Å². The molecule has 3 rings (SSSR count). The molecular weight excluding hydrogens is 238 g/mol. The molecule has 1 fully saturated rings. The molecule has 0 spiro atoms. The Morgan fingerprint density at radius 2 is 2.16 bits per heavy atom. The van der Waals surface area contributed by atoms with Crippen molar-refractivity contribution >= 4 is 11.0 Å². The molecule has 2 heterocycles. The Hall–Kier alpha value is -1.39. The van der Waals surface area contributed by atoms with Crippen molar-refractivity contribution in [2.24, 2.45) is 0 Å². The van der Waals surface area contributed by atoms with Crippen LogP contribution >= 0.6 is 0 Å². The van der Waals surface area contributed by atoms with E-state index in [4.69, 9.17) is 4.74 Å². The molecule has 4 heteroatoms. The first kappa shape index (κ1) is 12.6. The number of hydrogen-bond donors (Lipinski definition) is 2. The Morgan fingerprint density at radius 1 is 1.32 bits per heavy atom. The van der Waals surface area contributed by atoms with Gasteiger partial charge in [-0.1, -0.05) is 12.1 Å². The number of ether oxygens (including phenoxy) is 1. The third-order valence-electron chi connectivity index (χ3n) is 3.74. The quantitative estimate of drug-likeness (QED) is 0.885. The Kier molecular flexibility index (Phi) is 3.80. The van der Waals surface area contributed by atoms with Crippen molar-refractivity contribution in [2.75, 3.05) is 19.7 Å². The molecule has 2 aromatic rings. The predicted molar refractivity (Wildman–Crippen MR) is 76.4 cm³/mol. The Labute approximate surface area is 113 Å². The second kappa shape index (κ2) is 5.72. The normalized spacial score (nSPS) is 17.1. The molecule has 0 aliphatic carbocycles. The SMILES string of the molecule is Cc1cccc2[nH]c(CCOC3CCNCC3)nc12. The average Bonchev–Trinajstić information content (AvgIpc) is 2.84. The first-order valence-electron chi connectivity index (χ1n) is 7.09. The van der Waals surface area contributed by atoms with Gasteiger partial charge in [-0.2, -0.15) is 0 Å². The van der Waals surface area contributed by atoms with Crippen molar-refractivity contribution in [3.05, 3.63) is 29.6 Å². The minimum absolute atomic E-state index is 0.423. The summed E-state index contributed by atoms with van der Waals surface area (Å²) in [5, 5.41) is 3.35. The maximum atomic E-state index is 5.91. The third-order valence-corrected chi connectivity index (χ3v) is 3.74. The molecule has 0 unspecified atom stereocenters. The van der Waals surface area contributed by atoms with Gasteiger partial charge in [-0.15, -0.1) is 0 Å². The molecule has 0 bridgehead atoms. The van der Waals surface area contributed by atoms with Crippen LogP contribution in [0.2, 0.25) is 0 Å². The van der Waals surface area contributed by atoms with Gasteiger partial charge in [0.15, 0.2) is 0 Å². The summed E-state index contributed by atoms with van der Waals surface area (Å²) in [5.41, 5.74) is 3.43. The molecule has 4 nitrogen and oxygen atoms in total. The summed E-state index contributed by atoms with van der Waals surface area (Å²) in [7, 11) is 0. The van der Waals surface area contributed by atoms with E-state index in [0.29, 0.717) is 6.10 Å². The van der Waals surface area contributed by atoms with Gasteiger partial charge in [0.2, 0.25) is 0 Å². The summed E-state index contributed by atoms with van der Waals surface area (Å²) in [4.78, 5) is 8.02. The van der Waals surface area contributed by atoms with E-state index in [0.717, 1.165) is 55.8 Å². The fourth-order valence-electron chi connectivity index (χ4n) is 2.63. The fourth-order valence-corrected chi connectivity index (χ4v) is 2.63. The molecule has 1 aromatic carbocycles. The highest BCUT2D eigenvalue weighted by atomic mass is 16.5. The topological polar surface area (TPSA) is 49.9 Å². The highest BCUT2D eigenvalue weighted by Gasteiger charge is 2.13. The van der Waals surface area contributed by atoms with Gasteiger partial charge in [-0.25, -0.2) is 4.98 Å². The van der Waals surface area contributed by atoms with Crippen LogP contribution in [0, 0.1) is 6.92 Å². The van der Waals surface area contributed by atoms with E-state index in [9.17, 15) is 0 Å². The number of rotatable bonds is 4. The lowest BCUT2D eigenvalue weighted by Gasteiger charge is -2.22. The second-order valence-corrected chi connectivity index (χ2v) is 5.22. The summed E-state index contributed by atoms with van der Waals surface area (Å²) >= 11 is 0. The Balaban J connectivity index is 1.57. The van der Waals surface area contributed by atoms with Crippen molar-refractivity contribution < 1.29 is 4.74 Å². The first-order chi connectivity index (χ1) is 9.33. The largest absolute Gasteiger partial charge is 0.378 e. The van der Waals surface area contributed by atoms with Gasteiger partial charge >= 0.3 is 0 Å². The van der Waals surface area contributed by atoms with Crippen molar-refractivity contribution in [3.8, 4) is 0 Å². The predicted octanol–water partition coefficient (Wildman–Crippen LogP) is 2.18. The van der Waals surface area contributed by atoms with E-state index >= 15 is 0 Å². The molecule has 0 amide bonds. The van der Waals surface area contributed by atoms with Gasteiger partial charge < -0.3 is 15.0 Å². The molecule has 0 radical (unpaired) electrons. The zero-order chi connectivity index (χ0) is 13.1. The third kappa shape index (κ3) is 2.96. The molecule has 0 saturated carbocycles. The van der Waals surface area contributed by atoms with Crippen LogP contribution in [0.15, 0.2) is 18.2 Å². The van der Waals surface area contributed by atoms with E-state index in [1.165, 1.54) is 5.56 Å². The van der Waals surface area contributed by atoms with Gasteiger partial charge in [0.25, 0.3) is 0 Å². The van der Waals surface area contributed by atoms with Crippen LogP contribution in [0.25, 0.3) is 11.0 Å². The molecule has 0 atom stereocenters. The van der Waals surface area contributed by atoms with E-state index in [1.54, 1.807) is 0 Å². The minimum Gasteiger partial charge on any atom is -0.378 e. The molecule has 2 N–H and O–H groups in total. The number of benzene rings is 1. The van der Waals surface area contributed by atoms with E-state index in [1.807, 2.05) is 0 Å². The second-order valence-electron chi connectivity index (χ2n) is 5.22. The lowest BCUT2D eigenvalue weighted by atomic mass is 10.1. The van der Waals surface area contributed by atoms with Crippen LogP contribution in [0.1, 0.15) is 24.2 Å². The maximum Gasteiger partial charge on any atom is 0.109 e. The highest BCUT2D eigenvalue weighted by Crippen LogP contribution is 2.16.